The number of amides is 1. The van der Waals surface area contributed by atoms with Crippen molar-refractivity contribution in [2.45, 2.75) is 13.3 Å². The van der Waals surface area contributed by atoms with Gasteiger partial charge in [0.05, 0.1) is 10.6 Å². The fraction of sp³-hybridized carbons (Fsp3) is 0.190. The second-order valence-corrected chi connectivity index (χ2v) is 7.15. The van der Waals surface area contributed by atoms with Gasteiger partial charge in [0.15, 0.2) is 11.8 Å². The Morgan fingerprint density at radius 3 is 2.46 bits per heavy atom. The van der Waals surface area contributed by atoms with E-state index in [0.717, 1.165) is 17.7 Å². The molecule has 1 saturated heterocycles. The molecule has 0 saturated carbocycles. The van der Waals surface area contributed by atoms with Crippen molar-refractivity contribution in [2.75, 3.05) is 13.7 Å². The molecule has 1 N–H and O–H groups in total. The SMILES string of the molecule is CCc1ccc(N=C2S/C(=C/c3ccc(OCC(=O)O)cc3)C(=O)N2C)cc1. The van der Waals surface area contributed by atoms with Gasteiger partial charge in [-0.1, -0.05) is 31.2 Å². The van der Waals surface area contributed by atoms with E-state index >= 15 is 0 Å². The number of nitrogens with zero attached hydrogens (tertiary/aromatic N) is 2. The van der Waals surface area contributed by atoms with Gasteiger partial charge in [-0.15, -0.1) is 0 Å². The number of rotatable bonds is 6. The number of ether oxygens (including phenoxy) is 1. The second kappa shape index (κ2) is 8.75. The minimum Gasteiger partial charge on any atom is -0.482 e. The fourth-order valence-corrected chi connectivity index (χ4v) is 3.51. The Labute approximate surface area is 167 Å². The molecule has 28 heavy (non-hydrogen) atoms. The van der Waals surface area contributed by atoms with Crippen LogP contribution in [0.25, 0.3) is 6.08 Å². The molecule has 3 rings (SSSR count). The molecule has 0 radical (unpaired) electrons. The molecule has 1 aliphatic rings. The normalized spacial score (nSPS) is 16.8. The highest BCUT2D eigenvalue weighted by atomic mass is 32.2. The van der Waals surface area contributed by atoms with Crippen molar-refractivity contribution in [1.82, 2.24) is 4.90 Å². The Balaban J connectivity index is 1.74. The first-order chi connectivity index (χ1) is 13.5. The van der Waals surface area contributed by atoms with Gasteiger partial charge in [-0.25, -0.2) is 9.79 Å². The summed E-state index contributed by atoms with van der Waals surface area (Å²) in [5.74, 6) is -0.677. The van der Waals surface area contributed by atoms with Gasteiger partial charge in [0, 0.05) is 7.05 Å². The molecule has 1 aliphatic heterocycles. The number of aryl methyl sites for hydroxylation is 1. The standard InChI is InChI=1S/C21H20N2O4S/c1-3-14-4-8-16(9-5-14)22-21-23(2)20(26)18(28-21)12-15-6-10-17(11-7-15)27-13-19(24)25/h4-12H,3,13H2,1-2H3,(H,24,25)/b18-12+,22-21?. The summed E-state index contributed by atoms with van der Waals surface area (Å²) in [5, 5.41) is 9.27. The summed E-state index contributed by atoms with van der Waals surface area (Å²) in [5.41, 5.74) is 2.87. The third-order valence-electron chi connectivity index (χ3n) is 4.11. The zero-order valence-corrected chi connectivity index (χ0v) is 16.4. The number of thioether (sulfide) groups is 1. The number of amidine groups is 1. The van der Waals surface area contributed by atoms with Crippen molar-refractivity contribution >= 4 is 40.6 Å². The lowest BCUT2D eigenvalue weighted by Crippen LogP contribution is -2.23. The van der Waals surface area contributed by atoms with E-state index in [4.69, 9.17) is 9.84 Å². The van der Waals surface area contributed by atoms with Crippen LogP contribution in [0, 0.1) is 0 Å². The van der Waals surface area contributed by atoms with E-state index in [1.165, 1.54) is 22.2 Å². The molecule has 0 aromatic heterocycles. The van der Waals surface area contributed by atoms with Crippen LogP contribution in [-0.2, 0) is 16.0 Å². The largest absolute Gasteiger partial charge is 0.482 e. The maximum Gasteiger partial charge on any atom is 0.341 e. The molecule has 6 nitrogen and oxygen atoms in total. The van der Waals surface area contributed by atoms with Gasteiger partial charge in [0.25, 0.3) is 5.91 Å². The molecule has 0 atom stereocenters. The Hall–Kier alpha value is -3.06. The summed E-state index contributed by atoms with van der Waals surface area (Å²) in [4.78, 5) is 29.8. The van der Waals surface area contributed by atoms with Crippen LogP contribution >= 0.6 is 11.8 Å². The summed E-state index contributed by atoms with van der Waals surface area (Å²) in [6.45, 7) is 1.71. The van der Waals surface area contributed by atoms with Gasteiger partial charge in [0.1, 0.15) is 5.75 Å². The summed E-state index contributed by atoms with van der Waals surface area (Å²) in [6, 6.07) is 14.9. The fourth-order valence-electron chi connectivity index (χ4n) is 2.52. The predicted octanol–water partition coefficient (Wildman–Crippen LogP) is 3.95. The van der Waals surface area contributed by atoms with Gasteiger partial charge >= 0.3 is 5.97 Å². The molecule has 0 unspecified atom stereocenters. The van der Waals surface area contributed by atoms with Crippen molar-refractivity contribution in [3.63, 3.8) is 0 Å². The molecule has 0 aliphatic carbocycles. The third-order valence-corrected chi connectivity index (χ3v) is 5.17. The number of carboxylic acids is 1. The molecule has 2 aromatic carbocycles. The second-order valence-electron chi connectivity index (χ2n) is 6.14. The average molecular weight is 396 g/mol. The number of carbonyl (C=O) groups is 2. The van der Waals surface area contributed by atoms with E-state index in [1.807, 2.05) is 24.3 Å². The first-order valence-electron chi connectivity index (χ1n) is 8.76. The highest BCUT2D eigenvalue weighted by Gasteiger charge is 2.30. The molecular weight excluding hydrogens is 376 g/mol. The first-order valence-corrected chi connectivity index (χ1v) is 9.58. The van der Waals surface area contributed by atoms with Gasteiger partial charge in [-0.2, -0.15) is 0 Å². The molecule has 1 fully saturated rings. The van der Waals surface area contributed by atoms with E-state index in [-0.39, 0.29) is 5.91 Å². The number of carbonyl (C=O) groups excluding carboxylic acids is 1. The molecule has 2 aromatic rings. The molecule has 144 valence electrons. The monoisotopic (exact) mass is 396 g/mol. The summed E-state index contributed by atoms with van der Waals surface area (Å²) in [6.07, 6.45) is 2.75. The first kappa shape index (κ1) is 19.7. The summed E-state index contributed by atoms with van der Waals surface area (Å²) in [7, 11) is 1.71. The minimum atomic E-state index is -1.03. The Morgan fingerprint density at radius 2 is 1.86 bits per heavy atom. The Morgan fingerprint density at radius 1 is 1.18 bits per heavy atom. The van der Waals surface area contributed by atoms with Crippen LogP contribution in [0.15, 0.2) is 58.4 Å². The quantitative estimate of drug-likeness (QED) is 0.748. The Kier molecular flexibility index (Phi) is 6.16. The smallest absolute Gasteiger partial charge is 0.341 e. The number of aliphatic carboxylic acids is 1. The van der Waals surface area contributed by atoms with Crippen LogP contribution in [0.4, 0.5) is 5.69 Å². The van der Waals surface area contributed by atoms with Gasteiger partial charge in [-0.3, -0.25) is 9.69 Å². The molecule has 1 heterocycles. The third kappa shape index (κ3) is 4.80. The van der Waals surface area contributed by atoms with Crippen molar-refractivity contribution in [1.29, 1.82) is 0 Å². The maximum atomic E-state index is 12.5. The van der Waals surface area contributed by atoms with Crippen LogP contribution in [0.2, 0.25) is 0 Å². The van der Waals surface area contributed by atoms with Gasteiger partial charge in [0.2, 0.25) is 0 Å². The molecular formula is C21H20N2O4S. The number of hydrogen-bond donors (Lipinski definition) is 1. The number of hydrogen-bond acceptors (Lipinski definition) is 5. The average Bonchev–Trinajstić information content (AvgIpc) is 2.96. The van der Waals surface area contributed by atoms with Crippen molar-refractivity contribution in [2.24, 2.45) is 4.99 Å². The summed E-state index contributed by atoms with van der Waals surface area (Å²) < 4.78 is 5.11. The topological polar surface area (TPSA) is 79.2 Å². The van der Waals surface area contributed by atoms with Crippen LogP contribution in [0.3, 0.4) is 0 Å². The van der Waals surface area contributed by atoms with Crippen molar-refractivity contribution in [3.05, 3.63) is 64.6 Å². The molecule has 1 amide bonds. The van der Waals surface area contributed by atoms with Crippen molar-refractivity contribution < 1.29 is 19.4 Å². The predicted molar refractivity (Wildman–Crippen MR) is 111 cm³/mol. The lowest BCUT2D eigenvalue weighted by Gasteiger charge is -2.07. The number of likely N-dealkylation sites (N-methyl/N-ethyl adjacent to an activating group) is 1. The zero-order valence-electron chi connectivity index (χ0n) is 15.6. The van der Waals surface area contributed by atoms with E-state index in [1.54, 1.807) is 37.4 Å². The molecule has 0 spiro atoms. The number of aliphatic imine (C=N–C) groups is 1. The number of benzene rings is 2. The van der Waals surface area contributed by atoms with Crippen LogP contribution in [0.1, 0.15) is 18.1 Å². The van der Waals surface area contributed by atoms with E-state index < -0.39 is 12.6 Å². The van der Waals surface area contributed by atoms with Gasteiger partial charge < -0.3 is 9.84 Å². The minimum absolute atomic E-state index is 0.111. The summed E-state index contributed by atoms with van der Waals surface area (Å²) >= 11 is 1.32. The molecule has 0 bridgehead atoms. The van der Waals surface area contributed by atoms with E-state index in [2.05, 4.69) is 11.9 Å². The lowest BCUT2D eigenvalue weighted by atomic mass is 10.2. The number of carboxylic acid groups (broad SMARTS) is 1. The highest BCUT2D eigenvalue weighted by Crippen LogP contribution is 2.33. The van der Waals surface area contributed by atoms with E-state index in [9.17, 15) is 9.59 Å². The zero-order chi connectivity index (χ0) is 20.1. The van der Waals surface area contributed by atoms with Crippen LogP contribution in [-0.4, -0.2) is 40.7 Å². The maximum absolute atomic E-state index is 12.5. The van der Waals surface area contributed by atoms with Crippen molar-refractivity contribution in [3.8, 4) is 5.75 Å². The van der Waals surface area contributed by atoms with Gasteiger partial charge in [-0.05, 0) is 59.7 Å². The molecule has 7 heteroatoms. The lowest BCUT2D eigenvalue weighted by molar-refractivity contribution is -0.139. The highest BCUT2D eigenvalue weighted by molar-refractivity contribution is 8.18. The van der Waals surface area contributed by atoms with Crippen LogP contribution < -0.4 is 4.74 Å². The van der Waals surface area contributed by atoms with E-state index in [0.29, 0.717) is 15.8 Å². The van der Waals surface area contributed by atoms with Crippen LogP contribution in [0.5, 0.6) is 5.75 Å². The Bertz CT molecular complexity index is 934.